The lowest BCUT2D eigenvalue weighted by Gasteiger charge is -2.10. The summed E-state index contributed by atoms with van der Waals surface area (Å²) in [5.74, 6) is -0.305. The van der Waals surface area contributed by atoms with Crippen LogP contribution >= 0.6 is 11.3 Å². The number of thiophene rings is 1. The van der Waals surface area contributed by atoms with Gasteiger partial charge in [0, 0.05) is 19.7 Å². The molecule has 0 aliphatic rings. The molecule has 0 fully saturated rings. The third-order valence-corrected chi connectivity index (χ3v) is 4.17. The van der Waals surface area contributed by atoms with Crippen molar-refractivity contribution in [3.63, 3.8) is 0 Å². The molecule has 3 rings (SSSR count). The topological polar surface area (TPSA) is 64.0 Å². The van der Waals surface area contributed by atoms with E-state index in [9.17, 15) is 9.59 Å². The molecule has 0 saturated carbocycles. The summed E-state index contributed by atoms with van der Waals surface area (Å²) in [4.78, 5) is 23.5. The van der Waals surface area contributed by atoms with E-state index in [1.165, 1.54) is 19.2 Å². The Hall–Kier alpha value is -2.73. The van der Waals surface area contributed by atoms with E-state index in [-0.39, 0.29) is 17.2 Å². The molecule has 0 spiro atoms. The fourth-order valence-corrected chi connectivity index (χ4v) is 2.92. The van der Waals surface area contributed by atoms with Crippen molar-refractivity contribution >= 4 is 17.2 Å². The highest BCUT2D eigenvalue weighted by Gasteiger charge is 2.10. The molecule has 23 heavy (non-hydrogen) atoms. The van der Waals surface area contributed by atoms with Gasteiger partial charge in [-0.1, -0.05) is 24.3 Å². The Morgan fingerprint density at radius 2 is 2.04 bits per heavy atom. The van der Waals surface area contributed by atoms with E-state index in [2.05, 4.69) is 21.9 Å². The molecule has 2 aromatic heterocycles. The second kappa shape index (κ2) is 6.58. The van der Waals surface area contributed by atoms with Crippen LogP contribution in [0.25, 0.3) is 11.1 Å². The van der Waals surface area contributed by atoms with E-state index >= 15 is 0 Å². The number of amides is 1. The van der Waals surface area contributed by atoms with E-state index in [1.54, 1.807) is 11.3 Å². The maximum atomic E-state index is 12.2. The lowest BCUT2D eigenvalue weighted by molar-refractivity contribution is 0.0943. The van der Waals surface area contributed by atoms with Crippen LogP contribution in [0.4, 0.5) is 0 Å². The fourth-order valence-electron chi connectivity index (χ4n) is 2.26. The van der Waals surface area contributed by atoms with Crippen LogP contribution in [0.15, 0.2) is 58.0 Å². The van der Waals surface area contributed by atoms with Crippen molar-refractivity contribution < 1.29 is 4.79 Å². The largest absolute Gasteiger partial charge is 0.347 e. The quantitative estimate of drug-likeness (QED) is 0.801. The number of aryl methyl sites for hydroxylation is 1. The van der Waals surface area contributed by atoms with Crippen molar-refractivity contribution in [3.05, 3.63) is 74.8 Å². The molecule has 116 valence electrons. The molecular formula is C17H15N3O2S. The molecule has 0 unspecified atom stereocenters. The minimum Gasteiger partial charge on any atom is -0.347 e. The van der Waals surface area contributed by atoms with Crippen molar-refractivity contribution in [2.75, 3.05) is 0 Å². The molecule has 0 aliphatic carbocycles. The predicted octanol–water partition coefficient (Wildman–Crippen LogP) is 2.44. The molecule has 1 aromatic carbocycles. The number of carbonyl (C=O) groups excluding carboxylic acids is 1. The molecule has 5 nitrogen and oxygen atoms in total. The van der Waals surface area contributed by atoms with Gasteiger partial charge in [-0.2, -0.15) is 16.4 Å². The first-order chi connectivity index (χ1) is 11.1. The number of rotatable bonds is 4. The van der Waals surface area contributed by atoms with Crippen molar-refractivity contribution in [2.45, 2.75) is 6.54 Å². The van der Waals surface area contributed by atoms with Crippen LogP contribution in [0.1, 0.15) is 16.1 Å². The SMILES string of the molecule is Cn1nc(C(=O)NCc2ccccc2-c2ccsc2)ccc1=O. The van der Waals surface area contributed by atoms with Gasteiger partial charge >= 0.3 is 0 Å². The van der Waals surface area contributed by atoms with E-state index in [0.29, 0.717) is 6.54 Å². The van der Waals surface area contributed by atoms with Gasteiger partial charge in [-0.3, -0.25) is 9.59 Å². The number of benzene rings is 1. The third-order valence-electron chi connectivity index (χ3n) is 3.48. The minimum absolute atomic E-state index is 0.222. The molecule has 0 atom stereocenters. The monoisotopic (exact) mass is 325 g/mol. The summed E-state index contributed by atoms with van der Waals surface area (Å²) >= 11 is 1.64. The zero-order valence-corrected chi connectivity index (χ0v) is 13.3. The second-order valence-electron chi connectivity index (χ2n) is 5.03. The smallest absolute Gasteiger partial charge is 0.271 e. The number of nitrogens with zero attached hydrogens (tertiary/aromatic N) is 2. The van der Waals surface area contributed by atoms with E-state index in [0.717, 1.165) is 21.4 Å². The highest BCUT2D eigenvalue weighted by Crippen LogP contribution is 2.25. The molecule has 6 heteroatoms. The van der Waals surface area contributed by atoms with Crippen LogP contribution in [0.2, 0.25) is 0 Å². The molecule has 1 N–H and O–H groups in total. The van der Waals surface area contributed by atoms with Gasteiger partial charge in [0.2, 0.25) is 0 Å². The fraction of sp³-hybridized carbons (Fsp3) is 0.118. The number of hydrogen-bond acceptors (Lipinski definition) is 4. The van der Waals surface area contributed by atoms with Crippen LogP contribution in [-0.2, 0) is 13.6 Å². The van der Waals surface area contributed by atoms with Gasteiger partial charge in [0.15, 0.2) is 0 Å². The van der Waals surface area contributed by atoms with Crippen molar-refractivity contribution in [2.24, 2.45) is 7.05 Å². The van der Waals surface area contributed by atoms with Crippen molar-refractivity contribution in [3.8, 4) is 11.1 Å². The number of aromatic nitrogens is 2. The molecule has 0 radical (unpaired) electrons. The highest BCUT2D eigenvalue weighted by molar-refractivity contribution is 7.08. The van der Waals surface area contributed by atoms with Crippen molar-refractivity contribution in [1.29, 1.82) is 0 Å². The van der Waals surface area contributed by atoms with E-state index in [4.69, 9.17) is 0 Å². The van der Waals surface area contributed by atoms with Crippen LogP contribution in [0.3, 0.4) is 0 Å². The zero-order chi connectivity index (χ0) is 16.2. The Morgan fingerprint density at radius 3 is 2.78 bits per heavy atom. The summed E-state index contributed by atoms with van der Waals surface area (Å²) in [5, 5.41) is 10.9. The van der Waals surface area contributed by atoms with E-state index < -0.39 is 0 Å². The standard InChI is InChI=1S/C17H15N3O2S/c1-20-16(21)7-6-15(19-20)17(22)18-10-12-4-2-3-5-14(12)13-8-9-23-11-13/h2-9,11H,10H2,1H3,(H,18,22). The molecule has 3 aromatic rings. The summed E-state index contributed by atoms with van der Waals surface area (Å²) in [6.45, 7) is 0.398. The van der Waals surface area contributed by atoms with Gasteiger partial charge in [0.25, 0.3) is 11.5 Å². The highest BCUT2D eigenvalue weighted by atomic mass is 32.1. The molecule has 0 bridgehead atoms. The van der Waals surface area contributed by atoms with Gasteiger partial charge in [-0.05, 0) is 39.6 Å². The average Bonchev–Trinajstić information content (AvgIpc) is 3.10. The summed E-state index contributed by atoms with van der Waals surface area (Å²) in [5.41, 5.74) is 3.25. The first-order valence-electron chi connectivity index (χ1n) is 7.08. The Labute approximate surface area is 137 Å². The van der Waals surface area contributed by atoms with Gasteiger partial charge in [0.1, 0.15) is 5.69 Å². The molecular weight excluding hydrogens is 310 g/mol. The molecule has 0 aliphatic heterocycles. The lowest BCUT2D eigenvalue weighted by atomic mass is 10.0. The van der Waals surface area contributed by atoms with Crippen LogP contribution in [-0.4, -0.2) is 15.7 Å². The molecule has 2 heterocycles. The Balaban J connectivity index is 1.77. The Kier molecular flexibility index (Phi) is 4.34. The summed E-state index contributed by atoms with van der Waals surface area (Å²) in [6.07, 6.45) is 0. The number of nitrogens with one attached hydrogen (secondary N) is 1. The Morgan fingerprint density at radius 1 is 1.22 bits per heavy atom. The molecule has 0 saturated heterocycles. The van der Waals surface area contributed by atoms with Gasteiger partial charge in [-0.15, -0.1) is 0 Å². The predicted molar refractivity (Wildman–Crippen MR) is 90.4 cm³/mol. The number of carbonyl (C=O) groups is 1. The second-order valence-corrected chi connectivity index (χ2v) is 5.81. The third kappa shape index (κ3) is 3.37. The van der Waals surface area contributed by atoms with E-state index in [1.807, 2.05) is 29.6 Å². The van der Waals surface area contributed by atoms with Gasteiger partial charge in [0.05, 0.1) is 0 Å². The summed E-state index contributed by atoms with van der Waals surface area (Å²) in [6, 6.07) is 12.8. The Bertz CT molecular complexity index is 885. The first kappa shape index (κ1) is 15.2. The van der Waals surface area contributed by atoms with Crippen LogP contribution in [0.5, 0.6) is 0 Å². The van der Waals surface area contributed by atoms with Gasteiger partial charge < -0.3 is 5.32 Å². The maximum absolute atomic E-state index is 12.2. The number of hydrogen-bond donors (Lipinski definition) is 1. The molecule has 1 amide bonds. The van der Waals surface area contributed by atoms with Crippen LogP contribution in [0, 0.1) is 0 Å². The summed E-state index contributed by atoms with van der Waals surface area (Å²) < 4.78 is 1.15. The minimum atomic E-state index is -0.305. The van der Waals surface area contributed by atoms with Gasteiger partial charge in [-0.25, -0.2) is 4.68 Å². The van der Waals surface area contributed by atoms with Crippen molar-refractivity contribution in [1.82, 2.24) is 15.1 Å². The average molecular weight is 325 g/mol. The lowest BCUT2D eigenvalue weighted by Crippen LogP contribution is -2.28. The van der Waals surface area contributed by atoms with Crippen LogP contribution < -0.4 is 10.9 Å². The first-order valence-corrected chi connectivity index (χ1v) is 8.02. The maximum Gasteiger partial charge on any atom is 0.271 e. The summed E-state index contributed by atoms with van der Waals surface area (Å²) in [7, 11) is 1.52. The normalized spacial score (nSPS) is 10.5. The zero-order valence-electron chi connectivity index (χ0n) is 12.5.